The second kappa shape index (κ2) is 5.76. The number of sulfonamides is 1. The maximum atomic E-state index is 13.4. The lowest BCUT2D eigenvalue weighted by molar-refractivity contribution is 0.0984. The molecule has 20 heavy (non-hydrogen) atoms. The van der Waals surface area contributed by atoms with Gasteiger partial charge in [0.1, 0.15) is 11.7 Å². The highest BCUT2D eigenvalue weighted by Gasteiger charge is 2.27. The van der Waals surface area contributed by atoms with Crippen molar-refractivity contribution in [2.45, 2.75) is 18.1 Å². The smallest absolute Gasteiger partial charge is 0.235 e. The maximum Gasteiger partial charge on any atom is 0.235 e. The molecular formula is C12H16FN3O3S. The Bertz CT molecular complexity index is 612. The number of benzene rings is 1. The molecule has 1 saturated heterocycles. The molecule has 2 rings (SSSR count). The highest BCUT2D eigenvalue weighted by molar-refractivity contribution is 7.93. The maximum absolute atomic E-state index is 13.4. The summed E-state index contributed by atoms with van der Waals surface area (Å²) in [5.41, 5.74) is 5.31. The quantitative estimate of drug-likeness (QED) is 0.570. The molecule has 1 fully saturated rings. The van der Waals surface area contributed by atoms with E-state index in [2.05, 4.69) is 4.72 Å². The number of halogens is 1. The number of ether oxygens (including phenoxy) is 1. The normalized spacial score (nSPS) is 16.9. The third-order valence-corrected chi connectivity index (χ3v) is 4.99. The molecule has 0 amide bonds. The van der Waals surface area contributed by atoms with Crippen molar-refractivity contribution >= 4 is 21.5 Å². The van der Waals surface area contributed by atoms with E-state index in [0.29, 0.717) is 26.1 Å². The molecule has 4 N–H and O–H groups in total. The minimum Gasteiger partial charge on any atom is -0.384 e. The number of anilines is 1. The van der Waals surface area contributed by atoms with Crippen molar-refractivity contribution in [1.29, 1.82) is 5.41 Å². The van der Waals surface area contributed by atoms with Crippen LogP contribution in [0.15, 0.2) is 18.2 Å². The van der Waals surface area contributed by atoms with Gasteiger partial charge in [0.05, 0.1) is 10.8 Å². The molecule has 0 bridgehead atoms. The van der Waals surface area contributed by atoms with Crippen LogP contribution < -0.4 is 10.5 Å². The summed E-state index contributed by atoms with van der Waals surface area (Å²) >= 11 is 0. The van der Waals surface area contributed by atoms with Gasteiger partial charge >= 0.3 is 0 Å². The Labute approximate surface area is 116 Å². The molecule has 0 radical (unpaired) electrons. The molecule has 6 nitrogen and oxygen atoms in total. The molecule has 0 spiro atoms. The van der Waals surface area contributed by atoms with E-state index in [0.717, 1.165) is 6.07 Å². The molecule has 0 saturated carbocycles. The first-order valence-electron chi connectivity index (χ1n) is 6.13. The molecule has 0 aliphatic carbocycles. The molecule has 1 aromatic rings. The number of hydrogen-bond donors (Lipinski definition) is 3. The fraction of sp³-hybridized carbons (Fsp3) is 0.417. The van der Waals surface area contributed by atoms with Crippen LogP contribution in [0.4, 0.5) is 10.1 Å². The van der Waals surface area contributed by atoms with Gasteiger partial charge in [0.15, 0.2) is 0 Å². The predicted octanol–water partition coefficient (Wildman–Crippen LogP) is 1.03. The van der Waals surface area contributed by atoms with Crippen LogP contribution in [0, 0.1) is 11.2 Å². The van der Waals surface area contributed by atoms with Gasteiger partial charge in [0.25, 0.3) is 0 Å². The van der Waals surface area contributed by atoms with Crippen molar-refractivity contribution in [3.8, 4) is 0 Å². The topological polar surface area (TPSA) is 105 Å². The lowest BCUT2D eigenvalue weighted by Gasteiger charge is -2.22. The fourth-order valence-corrected chi connectivity index (χ4v) is 3.46. The van der Waals surface area contributed by atoms with Gasteiger partial charge in [-0.2, -0.15) is 0 Å². The Balaban J connectivity index is 2.20. The van der Waals surface area contributed by atoms with Crippen molar-refractivity contribution in [3.05, 3.63) is 29.6 Å². The van der Waals surface area contributed by atoms with Crippen LogP contribution in [-0.4, -0.2) is 32.7 Å². The summed E-state index contributed by atoms with van der Waals surface area (Å²) in [7, 11) is -3.56. The van der Waals surface area contributed by atoms with Gasteiger partial charge in [-0.1, -0.05) is 0 Å². The van der Waals surface area contributed by atoms with Crippen molar-refractivity contribution < 1.29 is 17.5 Å². The summed E-state index contributed by atoms with van der Waals surface area (Å²) in [5.74, 6) is -1.11. The van der Waals surface area contributed by atoms with E-state index in [9.17, 15) is 12.8 Å². The van der Waals surface area contributed by atoms with E-state index in [-0.39, 0.29) is 11.3 Å². The number of nitrogen functional groups attached to an aromatic ring is 1. The molecule has 0 atom stereocenters. The Kier molecular flexibility index (Phi) is 4.24. The van der Waals surface area contributed by atoms with Crippen LogP contribution in [0.1, 0.15) is 18.4 Å². The van der Waals surface area contributed by atoms with E-state index in [1.54, 1.807) is 0 Å². The third-order valence-electron chi connectivity index (χ3n) is 3.12. The summed E-state index contributed by atoms with van der Waals surface area (Å²) in [6, 6.07) is 3.60. The summed E-state index contributed by atoms with van der Waals surface area (Å²) < 4.78 is 45.3. The highest BCUT2D eigenvalue weighted by Crippen LogP contribution is 2.21. The average molecular weight is 301 g/mol. The fourth-order valence-electron chi connectivity index (χ4n) is 2.03. The first-order chi connectivity index (χ1) is 9.40. The second-order valence-electron chi connectivity index (χ2n) is 4.57. The van der Waals surface area contributed by atoms with Crippen molar-refractivity contribution in [1.82, 2.24) is 0 Å². The molecule has 8 heteroatoms. The lowest BCUT2D eigenvalue weighted by atomic mass is 10.2. The van der Waals surface area contributed by atoms with Crippen LogP contribution in [0.5, 0.6) is 0 Å². The lowest BCUT2D eigenvalue weighted by Crippen LogP contribution is -2.33. The number of hydrogen-bond acceptors (Lipinski definition) is 4. The Hall–Kier alpha value is -1.67. The number of nitrogens with one attached hydrogen (secondary N) is 2. The molecule has 0 unspecified atom stereocenters. The molecular weight excluding hydrogens is 285 g/mol. The molecule has 0 aromatic heterocycles. The zero-order valence-corrected chi connectivity index (χ0v) is 11.5. The van der Waals surface area contributed by atoms with Gasteiger partial charge in [-0.3, -0.25) is 10.1 Å². The SMILES string of the molecule is N=C(N)c1cc(NS(=O)(=O)C2CCOCC2)ccc1F. The van der Waals surface area contributed by atoms with Gasteiger partial charge < -0.3 is 10.5 Å². The summed E-state index contributed by atoms with van der Waals surface area (Å²) in [6.45, 7) is 0.821. The van der Waals surface area contributed by atoms with Crippen LogP contribution in [-0.2, 0) is 14.8 Å². The number of amidine groups is 1. The molecule has 1 aliphatic rings. The van der Waals surface area contributed by atoms with Crippen molar-refractivity contribution in [2.75, 3.05) is 17.9 Å². The minimum atomic E-state index is -3.56. The molecule has 1 heterocycles. The second-order valence-corrected chi connectivity index (χ2v) is 6.53. The zero-order valence-electron chi connectivity index (χ0n) is 10.7. The third kappa shape index (κ3) is 3.26. The van der Waals surface area contributed by atoms with E-state index in [1.165, 1.54) is 12.1 Å². The van der Waals surface area contributed by atoms with Crippen LogP contribution >= 0.6 is 0 Å². The van der Waals surface area contributed by atoms with Crippen LogP contribution in [0.3, 0.4) is 0 Å². The summed E-state index contributed by atoms with van der Waals surface area (Å²) in [4.78, 5) is 0. The largest absolute Gasteiger partial charge is 0.384 e. The van der Waals surface area contributed by atoms with Crippen molar-refractivity contribution in [2.24, 2.45) is 5.73 Å². The Morgan fingerprint density at radius 2 is 2.05 bits per heavy atom. The van der Waals surface area contributed by atoms with E-state index in [4.69, 9.17) is 15.9 Å². The number of rotatable bonds is 4. The average Bonchev–Trinajstić information content (AvgIpc) is 2.41. The number of nitrogens with two attached hydrogens (primary N) is 1. The molecule has 1 aromatic carbocycles. The van der Waals surface area contributed by atoms with Crippen LogP contribution in [0.25, 0.3) is 0 Å². The van der Waals surface area contributed by atoms with E-state index in [1.807, 2.05) is 0 Å². The van der Waals surface area contributed by atoms with Crippen molar-refractivity contribution in [3.63, 3.8) is 0 Å². The van der Waals surface area contributed by atoms with E-state index >= 15 is 0 Å². The first-order valence-corrected chi connectivity index (χ1v) is 7.68. The molecule has 1 aliphatic heterocycles. The van der Waals surface area contributed by atoms with Gasteiger partial charge in [-0.25, -0.2) is 12.8 Å². The standard InChI is InChI=1S/C12H16FN3O3S/c13-11-2-1-8(7-10(11)12(14)15)16-20(17,18)9-3-5-19-6-4-9/h1-2,7,9,16H,3-6H2,(H3,14,15). The Morgan fingerprint density at radius 3 is 2.65 bits per heavy atom. The zero-order chi connectivity index (χ0) is 14.8. The first kappa shape index (κ1) is 14.7. The van der Waals surface area contributed by atoms with Gasteiger partial charge in [-0.05, 0) is 31.0 Å². The highest BCUT2D eigenvalue weighted by atomic mass is 32.2. The van der Waals surface area contributed by atoms with Crippen LogP contribution in [0.2, 0.25) is 0 Å². The predicted molar refractivity (Wildman–Crippen MR) is 73.8 cm³/mol. The van der Waals surface area contributed by atoms with Gasteiger partial charge in [0, 0.05) is 18.9 Å². The minimum absolute atomic E-state index is 0.128. The monoisotopic (exact) mass is 301 g/mol. The van der Waals surface area contributed by atoms with Gasteiger partial charge in [-0.15, -0.1) is 0 Å². The van der Waals surface area contributed by atoms with E-state index < -0.39 is 26.9 Å². The Morgan fingerprint density at radius 1 is 1.40 bits per heavy atom. The molecule has 110 valence electrons. The van der Waals surface area contributed by atoms with Gasteiger partial charge in [0.2, 0.25) is 10.0 Å². The summed E-state index contributed by atoms with van der Waals surface area (Å²) in [5, 5.41) is 6.72. The summed E-state index contributed by atoms with van der Waals surface area (Å²) in [6.07, 6.45) is 0.853.